The quantitative estimate of drug-likeness (QED) is 0.787. The predicted molar refractivity (Wildman–Crippen MR) is 79.5 cm³/mol. The van der Waals surface area contributed by atoms with E-state index in [4.69, 9.17) is 9.47 Å². The van der Waals surface area contributed by atoms with Gasteiger partial charge < -0.3 is 9.47 Å². The van der Waals surface area contributed by atoms with Gasteiger partial charge in [-0.1, -0.05) is 6.07 Å². The molecule has 2 aromatic rings. The maximum atomic E-state index is 13.2. The molecule has 0 fully saturated rings. The highest BCUT2D eigenvalue weighted by atomic mass is 79.9. The second-order valence-corrected chi connectivity index (χ2v) is 5.64. The summed E-state index contributed by atoms with van der Waals surface area (Å²) in [5.74, 6) is 0.916. The smallest absolute Gasteiger partial charge is 0.153 e. The van der Waals surface area contributed by atoms with Gasteiger partial charge in [0.1, 0.15) is 30.0 Å². The molecule has 0 aromatic heterocycles. The highest BCUT2D eigenvalue weighted by Gasteiger charge is 2.24. The lowest BCUT2D eigenvalue weighted by molar-refractivity contribution is 0.111. The number of halogens is 2. The largest absolute Gasteiger partial charge is 0.488 e. The van der Waals surface area contributed by atoms with Gasteiger partial charge in [-0.2, -0.15) is 0 Å². The first kappa shape index (κ1) is 14.1. The monoisotopic (exact) mass is 350 g/mol. The Morgan fingerprint density at radius 3 is 3.05 bits per heavy atom. The van der Waals surface area contributed by atoms with Crippen molar-refractivity contribution in [3.63, 3.8) is 0 Å². The number of rotatable bonds is 4. The van der Waals surface area contributed by atoms with Gasteiger partial charge in [0, 0.05) is 12.0 Å². The van der Waals surface area contributed by atoms with E-state index >= 15 is 0 Å². The Morgan fingerprint density at radius 1 is 1.38 bits per heavy atom. The molecule has 0 bridgehead atoms. The Bertz CT molecular complexity index is 687. The lowest BCUT2D eigenvalue weighted by Gasteiger charge is -2.14. The number of hydrogen-bond acceptors (Lipinski definition) is 3. The molecule has 108 valence electrons. The van der Waals surface area contributed by atoms with Gasteiger partial charge in [0.25, 0.3) is 0 Å². The van der Waals surface area contributed by atoms with Crippen LogP contribution in [0.25, 0.3) is 0 Å². The van der Waals surface area contributed by atoms with Crippen LogP contribution in [0, 0.1) is 5.82 Å². The third-order valence-corrected chi connectivity index (χ3v) is 3.93. The van der Waals surface area contributed by atoms with Crippen molar-refractivity contribution in [1.82, 2.24) is 0 Å². The molecule has 2 aromatic carbocycles. The molecule has 0 N–H and O–H groups in total. The van der Waals surface area contributed by atoms with Crippen LogP contribution in [0.15, 0.2) is 40.9 Å². The minimum atomic E-state index is -0.270. The normalized spacial score (nSPS) is 16.2. The van der Waals surface area contributed by atoms with E-state index in [-0.39, 0.29) is 11.9 Å². The van der Waals surface area contributed by atoms with E-state index in [2.05, 4.69) is 15.9 Å². The summed E-state index contributed by atoms with van der Waals surface area (Å²) in [6, 6.07) is 9.74. The van der Waals surface area contributed by atoms with Crippen molar-refractivity contribution in [2.75, 3.05) is 6.61 Å². The second kappa shape index (κ2) is 5.85. The molecule has 0 saturated carbocycles. The van der Waals surface area contributed by atoms with Crippen molar-refractivity contribution >= 4 is 22.2 Å². The van der Waals surface area contributed by atoms with E-state index < -0.39 is 0 Å². The summed E-state index contributed by atoms with van der Waals surface area (Å²) in [7, 11) is 0. The number of carbonyl (C=O) groups excluding carboxylic acids is 1. The zero-order valence-electron chi connectivity index (χ0n) is 11.0. The van der Waals surface area contributed by atoms with Crippen LogP contribution in [-0.4, -0.2) is 19.0 Å². The molecule has 1 aliphatic rings. The standard InChI is InChI=1S/C16H12BrFO3/c17-14-3-1-2-10(8-19)16(14)20-9-13-7-11-6-12(18)4-5-15(11)21-13/h1-6,8,13H,7,9H2. The molecule has 5 heteroatoms. The van der Waals surface area contributed by atoms with E-state index in [0.29, 0.717) is 34.6 Å². The first-order chi connectivity index (χ1) is 10.2. The molecule has 0 aliphatic carbocycles. The molecular weight excluding hydrogens is 339 g/mol. The van der Waals surface area contributed by atoms with Crippen molar-refractivity contribution in [3.8, 4) is 11.5 Å². The van der Waals surface area contributed by atoms with Crippen LogP contribution in [0.5, 0.6) is 11.5 Å². The first-order valence-electron chi connectivity index (χ1n) is 6.49. The molecule has 0 amide bonds. The van der Waals surface area contributed by atoms with Gasteiger partial charge >= 0.3 is 0 Å². The van der Waals surface area contributed by atoms with Gasteiger partial charge in [-0.05, 0) is 46.3 Å². The third kappa shape index (κ3) is 2.93. The van der Waals surface area contributed by atoms with Gasteiger partial charge in [-0.3, -0.25) is 4.79 Å². The molecule has 1 atom stereocenters. The summed E-state index contributed by atoms with van der Waals surface area (Å²) >= 11 is 3.36. The summed E-state index contributed by atoms with van der Waals surface area (Å²) in [6.07, 6.45) is 1.15. The van der Waals surface area contributed by atoms with Crippen molar-refractivity contribution in [3.05, 3.63) is 57.8 Å². The van der Waals surface area contributed by atoms with Crippen molar-refractivity contribution in [1.29, 1.82) is 0 Å². The summed E-state index contributed by atoms with van der Waals surface area (Å²) in [5, 5.41) is 0. The number of carbonyl (C=O) groups is 1. The SMILES string of the molecule is O=Cc1cccc(Br)c1OCC1Cc2cc(F)ccc2O1. The zero-order valence-corrected chi connectivity index (χ0v) is 12.6. The molecule has 0 spiro atoms. The second-order valence-electron chi connectivity index (χ2n) is 4.78. The number of ether oxygens (including phenoxy) is 2. The van der Waals surface area contributed by atoms with Gasteiger partial charge in [0.05, 0.1) is 10.0 Å². The average molecular weight is 351 g/mol. The van der Waals surface area contributed by atoms with Crippen molar-refractivity contribution in [2.45, 2.75) is 12.5 Å². The van der Waals surface area contributed by atoms with Crippen LogP contribution in [0.3, 0.4) is 0 Å². The average Bonchev–Trinajstić information content (AvgIpc) is 2.87. The summed E-state index contributed by atoms with van der Waals surface area (Å²) in [6.45, 7) is 0.291. The third-order valence-electron chi connectivity index (χ3n) is 3.30. The van der Waals surface area contributed by atoms with E-state index in [0.717, 1.165) is 11.8 Å². The highest BCUT2D eigenvalue weighted by Crippen LogP contribution is 2.31. The van der Waals surface area contributed by atoms with Crippen LogP contribution < -0.4 is 9.47 Å². The minimum absolute atomic E-state index is 0.187. The lowest BCUT2D eigenvalue weighted by atomic mass is 10.1. The van der Waals surface area contributed by atoms with Gasteiger partial charge in [0.15, 0.2) is 6.29 Å². The Kier molecular flexibility index (Phi) is 3.92. The number of fused-ring (bicyclic) bond motifs is 1. The van der Waals surface area contributed by atoms with Gasteiger partial charge in [0.2, 0.25) is 0 Å². The highest BCUT2D eigenvalue weighted by molar-refractivity contribution is 9.10. The molecule has 1 aliphatic heterocycles. The van der Waals surface area contributed by atoms with Crippen LogP contribution in [0.4, 0.5) is 4.39 Å². The van der Waals surface area contributed by atoms with Gasteiger partial charge in [-0.25, -0.2) is 4.39 Å². The fourth-order valence-corrected chi connectivity index (χ4v) is 2.82. The molecule has 21 heavy (non-hydrogen) atoms. The molecule has 1 unspecified atom stereocenters. The maximum absolute atomic E-state index is 13.2. The summed E-state index contributed by atoms with van der Waals surface area (Å²) in [5.41, 5.74) is 1.32. The van der Waals surface area contributed by atoms with E-state index in [1.807, 2.05) is 6.07 Å². The summed E-state index contributed by atoms with van der Waals surface area (Å²) in [4.78, 5) is 11.0. The first-order valence-corrected chi connectivity index (χ1v) is 7.28. The zero-order chi connectivity index (χ0) is 14.8. The Labute approximate surface area is 129 Å². The lowest BCUT2D eigenvalue weighted by Crippen LogP contribution is -2.22. The van der Waals surface area contributed by atoms with E-state index in [9.17, 15) is 9.18 Å². The van der Waals surface area contributed by atoms with Gasteiger partial charge in [-0.15, -0.1) is 0 Å². The molecular formula is C16H12BrFO3. The number of para-hydroxylation sites is 1. The van der Waals surface area contributed by atoms with Crippen LogP contribution >= 0.6 is 15.9 Å². The number of hydrogen-bond donors (Lipinski definition) is 0. The van der Waals surface area contributed by atoms with Crippen molar-refractivity contribution in [2.24, 2.45) is 0 Å². The molecule has 1 heterocycles. The maximum Gasteiger partial charge on any atom is 0.153 e. The fraction of sp³-hybridized carbons (Fsp3) is 0.188. The predicted octanol–water partition coefficient (Wildman–Crippen LogP) is 3.78. The Balaban J connectivity index is 1.69. The molecule has 0 radical (unpaired) electrons. The fourth-order valence-electron chi connectivity index (χ4n) is 2.33. The molecule has 3 nitrogen and oxygen atoms in total. The van der Waals surface area contributed by atoms with Crippen LogP contribution in [0.1, 0.15) is 15.9 Å². The van der Waals surface area contributed by atoms with Crippen LogP contribution in [-0.2, 0) is 6.42 Å². The summed E-state index contributed by atoms with van der Waals surface area (Å²) < 4.78 is 25.3. The van der Waals surface area contributed by atoms with Crippen LogP contribution in [0.2, 0.25) is 0 Å². The topological polar surface area (TPSA) is 35.5 Å². The Morgan fingerprint density at radius 2 is 2.24 bits per heavy atom. The number of aldehydes is 1. The van der Waals surface area contributed by atoms with E-state index in [1.165, 1.54) is 12.1 Å². The molecule has 0 saturated heterocycles. The minimum Gasteiger partial charge on any atom is -0.488 e. The molecule has 3 rings (SSSR count). The van der Waals surface area contributed by atoms with Crippen molar-refractivity contribution < 1.29 is 18.7 Å². The number of benzene rings is 2. The van der Waals surface area contributed by atoms with E-state index in [1.54, 1.807) is 18.2 Å². The Hall–Kier alpha value is -1.88.